The van der Waals surface area contributed by atoms with Gasteiger partial charge in [0.15, 0.2) is 11.6 Å². The van der Waals surface area contributed by atoms with Crippen LogP contribution in [0.4, 0.5) is 10.1 Å². The Hall–Kier alpha value is -2.47. The summed E-state index contributed by atoms with van der Waals surface area (Å²) < 4.78 is 20.4. The molecule has 0 atom stereocenters. The molecule has 0 spiro atoms. The number of hydrogen-bond acceptors (Lipinski definition) is 4. The lowest BCUT2D eigenvalue weighted by Gasteiger charge is -2.19. The molecule has 0 aromatic heterocycles. The number of ether oxygens (including phenoxy) is 1. The number of nitrogens with zero attached hydrogens (tertiary/aromatic N) is 1. The smallest absolute Gasteiger partial charge is 0.259 e. The van der Waals surface area contributed by atoms with Gasteiger partial charge in [0.2, 0.25) is 0 Å². The number of unbranched alkanes of at least 4 members (excludes halogenated alkanes) is 11. The van der Waals surface area contributed by atoms with Gasteiger partial charge in [-0.3, -0.25) is 4.79 Å². The molecule has 1 amide bonds. The summed E-state index contributed by atoms with van der Waals surface area (Å²) in [5, 5.41) is 5.09. The maximum Gasteiger partial charge on any atom is 0.259 e. The lowest BCUT2D eigenvalue weighted by atomic mass is 10.1. The van der Waals surface area contributed by atoms with Gasteiger partial charge in [-0.25, -0.2) is 4.39 Å². The Balaban J connectivity index is 1.40. The molecule has 1 aliphatic heterocycles. The Bertz CT molecular complexity index is 1030. The van der Waals surface area contributed by atoms with E-state index in [1.807, 2.05) is 18.2 Å². The SMILES string of the molecule is CCCCCCCCCCCCCCOc1c(F)cccc1C(=O)Nc1cccc(CN2CSC=C2C)c1. The van der Waals surface area contributed by atoms with E-state index in [0.717, 1.165) is 30.8 Å². The molecule has 2 aromatic rings. The predicted molar refractivity (Wildman–Crippen MR) is 159 cm³/mol. The third-order valence-electron chi connectivity index (χ3n) is 7.00. The van der Waals surface area contributed by atoms with Gasteiger partial charge >= 0.3 is 0 Å². The number of nitrogens with one attached hydrogen (secondary N) is 1. The maximum atomic E-state index is 14.6. The molecular formula is C32H45FN2O2S. The number of rotatable bonds is 18. The van der Waals surface area contributed by atoms with E-state index in [2.05, 4.69) is 35.5 Å². The van der Waals surface area contributed by atoms with E-state index < -0.39 is 5.82 Å². The highest BCUT2D eigenvalue weighted by Gasteiger charge is 2.18. The minimum absolute atomic E-state index is 0.0408. The summed E-state index contributed by atoms with van der Waals surface area (Å²) in [4.78, 5) is 15.3. The second-order valence-electron chi connectivity index (χ2n) is 10.3. The number of benzene rings is 2. The summed E-state index contributed by atoms with van der Waals surface area (Å²) in [6.45, 7) is 5.56. The molecule has 0 aliphatic carbocycles. The molecule has 6 heteroatoms. The van der Waals surface area contributed by atoms with Crippen LogP contribution in [0, 0.1) is 5.82 Å². The number of para-hydroxylation sites is 1. The van der Waals surface area contributed by atoms with E-state index >= 15 is 0 Å². The van der Waals surface area contributed by atoms with Gasteiger partial charge in [0, 0.05) is 17.9 Å². The molecule has 208 valence electrons. The molecule has 1 aliphatic rings. The van der Waals surface area contributed by atoms with Crippen LogP contribution in [0.5, 0.6) is 5.75 Å². The number of anilines is 1. The van der Waals surface area contributed by atoms with Gasteiger partial charge in [-0.2, -0.15) is 0 Å². The molecule has 0 fully saturated rings. The molecule has 0 saturated carbocycles. The van der Waals surface area contributed by atoms with Gasteiger partial charge in [-0.05, 0) is 48.6 Å². The van der Waals surface area contributed by atoms with Gasteiger partial charge in [0.1, 0.15) is 0 Å². The number of allylic oxidation sites excluding steroid dienone is 1. The van der Waals surface area contributed by atoms with E-state index in [9.17, 15) is 9.18 Å². The first kappa shape index (κ1) is 30.1. The van der Waals surface area contributed by atoms with Gasteiger partial charge in [0.25, 0.3) is 5.91 Å². The second kappa shape index (κ2) is 17.2. The summed E-state index contributed by atoms with van der Waals surface area (Å²) in [5.41, 5.74) is 3.28. The molecule has 1 heterocycles. The van der Waals surface area contributed by atoms with E-state index in [1.54, 1.807) is 23.9 Å². The minimum atomic E-state index is -0.501. The zero-order valence-electron chi connectivity index (χ0n) is 23.3. The van der Waals surface area contributed by atoms with E-state index in [-0.39, 0.29) is 17.2 Å². The minimum Gasteiger partial charge on any atom is -0.490 e. The molecule has 38 heavy (non-hydrogen) atoms. The Kier molecular flexibility index (Phi) is 13.6. The zero-order chi connectivity index (χ0) is 27.0. The van der Waals surface area contributed by atoms with Crippen LogP contribution in [0.3, 0.4) is 0 Å². The van der Waals surface area contributed by atoms with E-state index in [0.29, 0.717) is 12.3 Å². The normalized spacial score (nSPS) is 13.0. The molecule has 0 bridgehead atoms. The van der Waals surface area contributed by atoms with E-state index in [1.165, 1.54) is 76.0 Å². The van der Waals surface area contributed by atoms with Crippen molar-refractivity contribution in [1.29, 1.82) is 0 Å². The van der Waals surface area contributed by atoms with Crippen LogP contribution < -0.4 is 10.1 Å². The van der Waals surface area contributed by atoms with Crippen LogP contribution in [-0.4, -0.2) is 23.3 Å². The summed E-state index contributed by atoms with van der Waals surface area (Å²) in [6, 6.07) is 12.3. The summed E-state index contributed by atoms with van der Waals surface area (Å²) in [5.74, 6) is 0.114. The van der Waals surface area contributed by atoms with Crippen LogP contribution >= 0.6 is 11.8 Å². The molecule has 0 unspecified atom stereocenters. The third kappa shape index (κ3) is 10.4. The fraction of sp³-hybridized carbons (Fsp3) is 0.531. The molecule has 3 rings (SSSR count). The van der Waals surface area contributed by atoms with Crippen molar-refractivity contribution in [3.05, 3.63) is 70.5 Å². The molecule has 0 saturated heterocycles. The zero-order valence-corrected chi connectivity index (χ0v) is 24.1. The summed E-state index contributed by atoms with van der Waals surface area (Å²) >= 11 is 1.79. The monoisotopic (exact) mass is 540 g/mol. The van der Waals surface area contributed by atoms with Crippen LogP contribution in [0.2, 0.25) is 0 Å². The Labute approximate surface area is 233 Å². The van der Waals surface area contributed by atoms with Crippen molar-refractivity contribution >= 4 is 23.4 Å². The van der Waals surface area contributed by atoms with Gasteiger partial charge in [-0.15, -0.1) is 11.8 Å². The highest BCUT2D eigenvalue weighted by Crippen LogP contribution is 2.27. The predicted octanol–water partition coefficient (Wildman–Crippen LogP) is 9.53. The molecule has 0 radical (unpaired) electrons. The Morgan fingerprint density at radius 2 is 1.61 bits per heavy atom. The highest BCUT2D eigenvalue weighted by molar-refractivity contribution is 8.02. The largest absolute Gasteiger partial charge is 0.490 e. The van der Waals surface area contributed by atoms with Crippen molar-refractivity contribution < 1.29 is 13.9 Å². The number of hydrogen-bond donors (Lipinski definition) is 1. The van der Waals surface area contributed by atoms with Crippen molar-refractivity contribution in [1.82, 2.24) is 4.90 Å². The van der Waals surface area contributed by atoms with Gasteiger partial charge in [-0.1, -0.05) is 95.8 Å². The fourth-order valence-electron chi connectivity index (χ4n) is 4.71. The first-order chi connectivity index (χ1) is 18.6. The summed E-state index contributed by atoms with van der Waals surface area (Å²) in [6.07, 6.45) is 15.1. The molecule has 1 N–H and O–H groups in total. The number of halogens is 1. The second-order valence-corrected chi connectivity index (χ2v) is 11.1. The van der Waals surface area contributed by atoms with Gasteiger partial charge in [0.05, 0.1) is 18.0 Å². The Morgan fingerprint density at radius 1 is 0.947 bits per heavy atom. The van der Waals surface area contributed by atoms with Crippen molar-refractivity contribution in [2.75, 3.05) is 17.8 Å². The quantitative estimate of drug-likeness (QED) is 0.191. The van der Waals surface area contributed by atoms with Crippen LogP contribution in [0.15, 0.2) is 53.6 Å². The third-order valence-corrected chi connectivity index (χ3v) is 7.97. The maximum absolute atomic E-state index is 14.6. The number of carbonyl (C=O) groups excluding carboxylic acids is 1. The lowest BCUT2D eigenvalue weighted by Crippen LogP contribution is -2.17. The van der Waals surface area contributed by atoms with Crippen LogP contribution in [0.25, 0.3) is 0 Å². The van der Waals surface area contributed by atoms with Gasteiger partial charge < -0.3 is 15.0 Å². The van der Waals surface area contributed by atoms with Crippen molar-refractivity contribution in [3.8, 4) is 5.75 Å². The topological polar surface area (TPSA) is 41.6 Å². The summed E-state index contributed by atoms with van der Waals surface area (Å²) in [7, 11) is 0. The number of amides is 1. The van der Waals surface area contributed by atoms with Crippen molar-refractivity contribution in [2.45, 2.75) is 97.4 Å². The van der Waals surface area contributed by atoms with Crippen molar-refractivity contribution in [2.24, 2.45) is 0 Å². The average Bonchev–Trinajstić information content (AvgIpc) is 3.31. The van der Waals surface area contributed by atoms with Crippen LogP contribution in [0.1, 0.15) is 107 Å². The fourth-order valence-corrected chi connectivity index (χ4v) is 5.65. The first-order valence-electron chi connectivity index (χ1n) is 14.4. The highest BCUT2D eigenvalue weighted by atomic mass is 32.2. The standard InChI is InChI=1S/C32H45FN2O2S/c1-3-4-5-6-7-8-9-10-11-12-13-14-21-37-31-29(19-16-20-30(31)33)32(36)34-28-18-15-17-27(22-28)23-35-25-38-24-26(35)2/h15-20,22,24H,3-14,21,23,25H2,1-2H3,(H,34,36). The molecule has 4 nitrogen and oxygen atoms in total. The average molecular weight is 541 g/mol. The number of carbonyl (C=O) groups is 1. The van der Waals surface area contributed by atoms with E-state index in [4.69, 9.17) is 4.74 Å². The first-order valence-corrected chi connectivity index (χ1v) is 15.5. The lowest BCUT2D eigenvalue weighted by molar-refractivity contribution is 0.102. The van der Waals surface area contributed by atoms with Crippen LogP contribution in [-0.2, 0) is 6.54 Å². The number of thioether (sulfide) groups is 1. The molecule has 2 aromatic carbocycles. The molecular weight excluding hydrogens is 495 g/mol. The van der Waals surface area contributed by atoms with Crippen molar-refractivity contribution in [3.63, 3.8) is 0 Å². The Morgan fingerprint density at radius 3 is 2.26 bits per heavy atom.